The maximum atomic E-state index is 12.5. The van der Waals surface area contributed by atoms with Crippen molar-refractivity contribution in [2.24, 2.45) is 0 Å². The normalized spacial score (nSPS) is 16.2. The minimum atomic E-state index is -0.0413. The molecule has 1 unspecified atom stereocenters. The van der Waals surface area contributed by atoms with E-state index in [1.54, 1.807) is 27.4 Å². The van der Waals surface area contributed by atoms with E-state index >= 15 is 0 Å². The molecule has 0 heterocycles. The van der Waals surface area contributed by atoms with Gasteiger partial charge < -0.3 is 14.2 Å². The lowest BCUT2D eigenvalue weighted by molar-refractivity contribution is 0.0991. The van der Waals surface area contributed by atoms with Crippen molar-refractivity contribution in [3.8, 4) is 17.2 Å². The highest BCUT2D eigenvalue weighted by Crippen LogP contribution is 2.51. The van der Waals surface area contributed by atoms with Crippen molar-refractivity contribution in [3.63, 3.8) is 0 Å². The minimum Gasteiger partial charge on any atom is -0.493 e. The van der Waals surface area contributed by atoms with Crippen LogP contribution in [0.1, 0.15) is 33.8 Å². The number of fused-ring (bicyclic) bond motifs is 1. The number of carbonyl (C=O) groups is 1. The molecule has 0 aliphatic heterocycles. The van der Waals surface area contributed by atoms with Gasteiger partial charge in [-0.1, -0.05) is 28.1 Å². The molecule has 1 aliphatic carbocycles. The van der Waals surface area contributed by atoms with Gasteiger partial charge in [-0.25, -0.2) is 0 Å². The molecule has 0 saturated carbocycles. The van der Waals surface area contributed by atoms with Crippen molar-refractivity contribution in [1.29, 1.82) is 0 Å². The number of carbonyl (C=O) groups excluding carboxylic acids is 1. The van der Waals surface area contributed by atoms with Crippen LogP contribution in [0.3, 0.4) is 0 Å². The lowest BCUT2D eigenvalue weighted by Crippen LogP contribution is -2.03. The molecular formula is C18H17BrO4. The topological polar surface area (TPSA) is 44.8 Å². The SMILES string of the molecule is COc1cc2c(c(OC)c1OC)C(c1ccc(Br)cc1)CC2=O. The summed E-state index contributed by atoms with van der Waals surface area (Å²) in [5.74, 6) is 1.65. The predicted octanol–water partition coefficient (Wildman–Crippen LogP) is 4.19. The van der Waals surface area contributed by atoms with E-state index in [9.17, 15) is 4.79 Å². The van der Waals surface area contributed by atoms with Gasteiger partial charge >= 0.3 is 0 Å². The first-order valence-electron chi connectivity index (χ1n) is 7.22. The summed E-state index contributed by atoms with van der Waals surface area (Å²) in [6, 6.07) is 9.74. The van der Waals surface area contributed by atoms with Crippen LogP contribution in [0.2, 0.25) is 0 Å². The summed E-state index contributed by atoms with van der Waals surface area (Å²) in [6.45, 7) is 0. The van der Waals surface area contributed by atoms with E-state index in [4.69, 9.17) is 14.2 Å². The molecule has 2 aromatic rings. The van der Waals surface area contributed by atoms with Gasteiger partial charge in [0.05, 0.1) is 21.3 Å². The van der Waals surface area contributed by atoms with Gasteiger partial charge in [0.15, 0.2) is 17.3 Å². The van der Waals surface area contributed by atoms with Crippen molar-refractivity contribution in [2.45, 2.75) is 12.3 Å². The van der Waals surface area contributed by atoms with Crippen LogP contribution < -0.4 is 14.2 Å². The van der Waals surface area contributed by atoms with Gasteiger partial charge in [0, 0.05) is 27.9 Å². The van der Waals surface area contributed by atoms with Gasteiger partial charge in [-0.2, -0.15) is 0 Å². The van der Waals surface area contributed by atoms with E-state index in [2.05, 4.69) is 15.9 Å². The summed E-state index contributed by atoms with van der Waals surface area (Å²) in [4.78, 5) is 12.5. The van der Waals surface area contributed by atoms with Crippen LogP contribution in [0.5, 0.6) is 17.2 Å². The molecule has 120 valence electrons. The van der Waals surface area contributed by atoms with Crippen molar-refractivity contribution >= 4 is 21.7 Å². The molecule has 0 fully saturated rings. The minimum absolute atomic E-state index is 0.0413. The van der Waals surface area contributed by atoms with Crippen molar-refractivity contribution in [2.75, 3.05) is 21.3 Å². The fourth-order valence-corrected chi connectivity index (χ4v) is 3.40. The standard InChI is InChI=1S/C18H17BrO4/c1-21-15-9-13-14(20)8-12(10-4-6-11(19)7-5-10)16(13)18(23-3)17(15)22-2/h4-7,9,12H,8H2,1-3H3. The van der Waals surface area contributed by atoms with Gasteiger partial charge in [-0.3, -0.25) is 4.79 Å². The van der Waals surface area contributed by atoms with E-state index in [-0.39, 0.29) is 11.7 Å². The Bertz CT molecular complexity index is 753. The molecule has 0 N–H and O–H groups in total. The highest BCUT2D eigenvalue weighted by molar-refractivity contribution is 9.10. The molecule has 4 nitrogen and oxygen atoms in total. The summed E-state index contributed by atoms with van der Waals surface area (Å²) in [7, 11) is 4.70. The van der Waals surface area contributed by atoms with E-state index in [1.807, 2.05) is 24.3 Å². The fourth-order valence-electron chi connectivity index (χ4n) is 3.13. The molecule has 0 saturated heterocycles. The Morgan fingerprint density at radius 2 is 1.65 bits per heavy atom. The van der Waals surface area contributed by atoms with Gasteiger partial charge in [0.2, 0.25) is 5.75 Å². The second kappa shape index (κ2) is 6.24. The summed E-state index contributed by atoms with van der Waals surface area (Å²) in [6.07, 6.45) is 0.420. The number of halogens is 1. The van der Waals surface area contributed by atoms with Crippen LogP contribution in [0.4, 0.5) is 0 Å². The molecule has 3 rings (SSSR count). The summed E-state index contributed by atoms with van der Waals surface area (Å²) in [5.41, 5.74) is 2.59. The maximum Gasteiger partial charge on any atom is 0.203 e. The van der Waals surface area contributed by atoms with Crippen molar-refractivity contribution in [1.82, 2.24) is 0 Å². The van der Waals surface area contributed by atoms with Crippen LogP contribution in [-0.2, 0) is 0 Å². The van der Waals surface area contributed by atoms with Crippen molar-refractivity contribution in [3.05, 3.63) is 51.5 Å². The first-order valence-corrected chi connectivity index (χ1v) is 8.01. The molecule has 5 heteroatoms. The zero-order chi connectivity index (χ0) is 16.6. The van der Waals surface area contributed by atoms with E-state index < -0.39 is 0 Å². The molecule has 1 atom stereocenters. The summed E-state index contributed by atoms with van der Waals surface area (Å²) < 4.78 is 17.4. The Morgan fingerprint density at radius 3 is 2.22 bits per heavy atom. The molecule has 0 spiro atoms. The second-order valence-corrected chi connectivity index (χ2v) is 6.25. The van der Waals surface area contributed by atoms with Gasteiger partial charge in [0.1, 0.15) is 0 Å². The Balaban J connectivity index is 2.22. The van der Waals surface area contributed by atoms with Crippen LogP contribution in [0.15, 0.2) is 34.8 Å². The summed E-state index contributed by atoms with van der Waals surface area (Å²) in [5, 5.41) is 0. The number of ether oxygens (including phenoxy) is 3. The Labute approximate surface area is 143 Å². The molecule has 0 amide bonds. The molecule has 23 heavy (non-hydrogen) atoms. The number of rotatable bonds is 4. The third kappa shape index (κ3) is 2.59. The van der Waals surface area contributed by atoms with Crippen LogP contribution in [0.25, 0.3) is 0 Å². The maximum absolute atomic E-state index is 12.5. The lowest BCUT2D eigenvalue weighted by atomic mass is 9.92. The molecule has 0 radical (unpaired) electrons. The smallest absolute Gasteiger partial charge is 0.203 e. The van der Waals surface area contributed by atoms with E-state index in [0.29, 0.717) is 29.2 Å². The highest BCUT2D eigenvalue weighted by atomic mass is 79.9. The number of methoxy groups -OCH3 is 3. The number of hydrogen-bond donors (Lipinski definition) is 0. The quantitative estimate of drug-likeness (QED) is 0.802. The average Bonchev–Trinajstić information content (AvgIpc) is 2.90. The first kappa shape index (κ1) is 15.9. The molecule has 0 aromatic heterocycles. The highest BCUT2D eigenvalue weighted by Gasteiger charge is 2.36. The Morgan fingerprint density at radius 1 is 1.00 bits per heavy atom. The monoisotopic (exact) mass is 376 g/mol. The third-order valence-corrected chi connectivity index (χ3v) is 4.71. The van der Waals surface area contributed by atoms with Crippen LogP contribution in [-0.4, -0.2) is 27.1 Å². The number of Topliss-reactive ketones (excluding diaryl/α,β-unsaturated/α-hetero) is 1. The van der Waals surface area contributed by atoms with Crippen LogP contribution >= 0.6 is 15.9 Å². The summed E-state index contributed by atoms with van der Waals surface area (Å²) >= 11 is 3.44. The lowest BCUT2D eigenvalue weighted by Gasteiger charge is -2.19. The second-order valence-electron chi connectivity index (χ2n) is 5.34. The Kier molecular flexibility index (Phi) is 4.31. The van der Waals surface area contributed by atoms with Crippen LogP contribution in [0, 0.1) is 0 Å². The van der Waals surface area contributed by atoms with Gasteiger partial charge in [0.25, 0.3) is 0 Å². The van der Waals surface area contributed by atoms with E-state index in [1.165, 1.54) is 0 Å². The molecule has 1 aliphatic rings. The zero-order valence-electron chi connectivity index (χ0n) is 13.2. The first-order chi connectivity index (χ1) is 11.1. The average molecular weight is 377 g/mol. The molecule has 2 aromatic carbocycles. The van der Waals surface area contributed by atoms with Gasteiger partial charge in [-0.05, 0) is 23.8 Å². The third-order valence-electron chi connectivity index (χ3n) is 4.18. The predicted molar refractivity (Wildman–Crippen MR) is 91.0 cm³/mol. The van der Waals surface area contributed by atoms with E-state index in [0.717, 1.165) is 15.6 Å². The van der Waals surface area contributed by atoms with Gasteiger partial charge in [-0.15, -0.1) is 0 Å². The Hall–Kier alpha value is -2.01. The molecule has 0 bridgehead atoms. The number of hydrogen-bond acceptors (Lipinski definition) is 4. The number of ketones is 1. The fraction of sp³-hybridized carbons (Fsp3) is 0.278. The van der Waals surface area contributed by atoms with Crippen molar-refractivity contribution < 1.29 is 19.0 Å². The molecular weight excluding hydrogens is 360 g/mol. The number of benzene rings is 2. The largest absolute Gasteiger partial charge is 0.493 e. The zero-order valence-corrected chi connectivity index (χ0v) is 14.8.